The fourth-order valence-corrected chi connectivity index (χ4v) is 3.97. The fourth-order valence-electron chi connectivity index (χ4n) is 3.97. The summed E-state index contributed by atoms with van der Waals surface area (Å²) in [5, 5.41) is 0. The number of anilines is 2. The van der Waals surface area contributed by atoms with Gasteiger partial charge < -0.3 is 19.4 Å². The zero-order valence-corrected chi connectivity index (χ0v) is 17.0. The summed E-state index contributed by atoms with van der Waals surface area (Å²) >= 11 is 0. The van der Waals surface area contributed by atoms with Gasteiger partial charge in [0.15, 0.2) is 6.10 Å². The molecule has 1 atom stereocenters. The van der Waals surface area contributed by atoms with Gasteiger partial charge in [-0.05, 0) is 38.3 Å². The Kier molecular flexibility index (Phi) is 6.12. The van der Waals surface area contributed by atoms with E-state index in [1.165, 1.54) is 19.3 Å². The first-order chi connectivity index (χ1) is 14.2. The molecule has 2 aliphatic rings. The second kappa shape index (κ2) is 9.11. The second-order valence-electron chi connectivity index (χ2n) is 7.67. The van der Waals surface area contributed by atoms with Crippen LogP contribution in [0.5, 0.6) is 5.75 Å². The van der Waals surface area contributed by atoms with E-state index in [2.05, 4.69) is 25.8 Å². The average Bonchev–Trinajstić information content (AvgIpc) is 2.80. The Morgan fingerprint density at radius 1 is 0.897 bits per heavy atom. The fraction of sp³-hybridized carbons (Fsp3) is 0.500. The molecule has 0 saturated carbocycles. The van der Waals surface area contributed by atoms with E-state index in [1.807, 2.05) is 42.2 Å². The molecule has 4 rings (SSSR count). The van der Waals surface area contributed by atoms with E-state index in [-0.39, 0.29) is 5.91 Å². The number of carbonyl (C=O) groups excluding carboxylic acids is 1. The molecule has 29 heavy (non-hydrogen) atoms. The highest BCUT2D eigenvalue weighted by atomic mass is 16.5. The van der Waals surface area contributed by atoms with E-state index in [1.54, 1.807) is 6.33 Å². The van der Waals surface area contributed by atoms with Crippen LogP contribution in [0.3, 0.4) is 0 Å². The highest BCUT2D eigenvalue weighted by Gasteiger charge is 2.27. The summed E-state index contributed by atoms with van der Waals surface area (Å²) in [5.74, 6) is 2.71. The SMILES string of the molecule is C[C@H](Oc1ccccc1)C(=O)N1CCN(c2cc(N3CCCCC3)ncn2)CC1. The zero-order chi connectivity index (χ0) is 20.1. The molecule has 0 N–H and O–H groups in total. The number of hydrogen-bond donors (Lipinski definition) is 0. The Morgan fingerprint density at radius 2 is 1.52 bits per heavy atom. The monoisotopic (exact) mass is 395 g/mol. The lowest BCUT2D eigenvalue weighted by Gasteiger charge is -2.36. The summed E-state index contributed by atoms with van der Waals surface area (Å²) in [6.07, 6.45) is 4.92. The van der Waals surface area contributed by atoms with Gasteiger partial charge in [0.2, 0.25) is 0 Å². The number of aromatic nitrogens is 2. The largest absolute Gasteiger partial charge is 0.481 e. The van der Waals surface area contributed by atoms with Crippen molar-refractivity contribution >= 4 is 17.5 Å². The molecule has 0 radical (unpaired) electrons. The summed E-state index contributed by atoms with van der Waals surface area (Å²) in [7, 11) is 0. The number of ether oxygens (including phenoxy) is 1. The molecule has 0 unspecified atom stereocenters. The maximum absolute atomic E-state index is 12.8. The zero-order valence-electron chi connectivity index (χ0n) is 17.0. The van der Waals surface area contributed by atoms with Crippen molar-refractivity contribution in [2.24, 2.45) is 0 Å². The van der Waals surface area contributed by atoms with Crippen LogP contribution in [0.4, 0.5) is 11.6 Å². The third-order valence-electron chi connectivity index (χ3n) is 5.64. The minimum absolute atomic E-state index is 0.0326. The summed E-state index contributed by atoms with van der Waals surface area (Å²) in [5.41, 5.74) is 0. The molecule has 1 amide bonds. The van der Waals surface area contributed by atoms with E-state index in [0.29, 0.717) is 13.1 Å². The highest BCUT2D eigenvalue weighted by molar-refractivity contribution is 5.81. The molecule has 2 aliphatic heterocycles. The summed E-state index contributed by atoms with van der Waals surface area (Å²) < 4.78 is 5.79. The van der Waals surface area contributed by atoms with Gasteiger partial charge in [-0.25, -0.2) is 9.97 Å². The molecule has 2 fully saturated rings. The minimum Gasteiger partial charge on any atom is -0.481 e. The van der Waals surface area contributed by atoms with Crippen molar-refractivity contribution in [3.05, 3.63) is 42.7 Å². The first kappa shape index (κ1) is 19.5. The van der Waals surface area contributed by atoms with Gasteiger partial charge in [-0.3, -0.25) is 4.79 Å². The summed E-state index contributed by atoms with van der Waals surface area (Å²) in [4.78, 5) is 28.2. The molecular weight excluding hydrogens is 366 g/mol. The number of piperidine rings is 1. The number of piperazine rings is 1. The first-order valence-corrected chi connectivity index (χ1v) is 10.5. The average molecular weight is 396 g/mol. The molecule has 0 spiro atoms. The van der Waals surface area contributed by atoms with Crippen LogP contribution in [0.15, 0.2) is 42.7 Å². The number of carbonyl (C=O) groups is 1. The van der Waals surface area contributed by atoms with Gasteiger partial charge in [0, 0.05) is 45.3 Å². The van der Waals surface area contributed by atoms with Crippen molar-refractivity contribution < 1.29 is 9.53 Å². The molecule has 0 aliphatic carbocycles. The normalized spacial score (nSPS) is 18.4. The quantitative estimate of drug-likeness (QED) is 0.776. The Balaban J connectivity index is 1.32. The van der Waals surface area contributed by atoms with E-state index < -0.39 is 6.10 Å². The first-order valence-electron chi connectivity index (χ1n) is 10.5. The molecule has 3 heterocycles. The minimum atomic E-state index is -0.492. The molecule has 2 aromatic rings. The van der Waals surface area contributed by atoms with Gasteiger partial charge in [0.25, 0.3) is 5.91 Å². The van der Waals surface area contributed by atoms with Crippen LogP contribution in [0.1, 0.15) is 26.2 Å². The molecule has 1 aromatic carbocycles. The lowest BCUT2D eigenvalue weighted by molar-refractivity contribution is -0.138. The molecule has 0 bridgehead atoms. The van der Waals surface area contributed by atoms with E-state index in [9.17, 15) is 4.79 Å². The van der Waals surface area contributed by atoms with Crippen LogP contribution in [0, 0.1) is 0 Å². The van der Waals surface area contributed by atoms with Crippen LogP contribution in [-0.2, 0) is 4.79 Å². The topological polar surface area (TPSA) is 61.8 Å². The van der Waals surface area contributed by atoms with Gasteiger partial charge in [0.05, 0.1) is 0 Å². The molecule has 7 heteroatoms. The number of para-hydroxylation sites is 1. The van der Waals surface area contributed by atoms with Crippen molar-refractivity contribution in [1.82, 2.24) is 14.9 Å². The standard InChI is InChI=1S/C22H29N5O2/c1-18(29-19-8-4-2-5-9-19)22(28)27-14-12-26(13-15-27)21-16-20(23-17-24-21)25-10-6-3-7-11-25/h2,4-5,8-9,16-18H,3,6-7,10-15H2,1H3/t18-/m0/s1. The molecule has 154 valence electrons. The van der Waals surface area contributed by atoms with Crippen LogP contribution < -0.4 is 14.5 Å². The predicted molar refractivity (Wildman–Crippen MR) is 113 cm³/mol. The molecule has 2 saturated heterocycles. The Hall–Kier alpha value is -2.83. The van der Waals surface area contributed by atoms with Crippen LogP contribution in [-0.4, -0.2) is 66.1 Å². The Labute approximate surface area is 172 Å². The third kappa shape index (κ3) is 4.78. The van der Waals surface area contributed by atoms with Gasteiger partial charge in [0.1, 0.15) is 23.7 Å². The van der Waals surface area contributed by atoms with E-state index in [4.69, 9.17) is 4.74 Å². The Bertz CT molecular complexity index is 802. The number of amides is 1. The van der Waals surface area contributed by atoms with Gasteiger partial charge in [-0.1, -0.05) is 18.2 Å². The number of nitrogens with zero attached hydrogens (tertiary/aromatic N) is 5. The number of rotatable bonds is 5. The van der Waals surface area contributed by atoms with Crippen molar-refractivity contribution in [2.45, 2.75) is 32.3 Å². The van der Waals surface area contributed by atoms with Gasteiger partial charge >= 0.3 is 0 Å². The summed E-state index contributed by atoms with van der Waals surface area (Å²) in [6, 6.07) is 11.6. The second-order valence-corrected chi connectivity index (χ2v) is 7.67. The van der Waals surface area contributed by atoms with E-state index in [0.717, 1.165) is 43.6 Å². The van der Waals surface area contributed by atoms with Gasteiger partial charge in [-0.15, -0.1) is 0 Å². The predicted octanol–water partition coefficient (Wildman–Crippen LogP) is 2.58. The van der Waals surface area contributed by atoms with Crippen LogP contribution in [0.25, 0.3) is 0 Å². The molecule has 1 aromatic heterocycles. The Morgan fingerprint density at radius 3 is 2.17 bits per heavy atom. The lowest BCUT2D eigenvalue weighted by Crippen LogP contribution is -2.52. The van der Waals surface area contributed by atoms with Crippen LogP contribution >= 0.6 is 0 Å². The molecule has 7 nitrogen and oxygen atoms in total. The van der Waals surface area contributed by atoms with Crippen LogP contribution in [0.2, 0.25) is 0 Å². The van der Waals surface area contributed by atoms with Crippen molar-refractivity contribution in [2.75, 3.05) is 49.1 Å². The lowest BCUT2D eigenvalue weighted by atomic mass is 10.1. The number of benzene rings is 1. The third-order valence-corrected chi connectivity index (χ3v) is 5.64. The number of hydrogen-bond acceptors (Lipinski definition) is 6. The van der Waals surface area contributed by atoms with Gasteiger partial charge in [-0.2, -0.15) is 0 Å². The molecular formula is C22H29N5O2. The van der Waals surface area contributed by atoms with Crippen molar-refractivity contribution in [1.29, 1.82) is 0 Å². The van der Waals surface area contributed by atoms with E-state index >= 15 is 0 Å². The smallest absolute Gasteiger partial charge is 0.263 e. The summed E-state index contributed by atoms with van der Waals surface area (Å²) in [6.45, 7) is 6.82. The highest BCUT2D eigenvalue weighted by Crippen LogP contribution is 2.22. The maximum atomic E-state index is 12.8. The van der Waals surface area contributed by atoms with Crippen molar-refractivity contribution in [3.8, 4) is 5.75 Å². The van der Waals surface area contributed by atoms with Crippen molar-refractivity contribution in [3.63, 3.8) is 0 Å². The maximum Gasteiger partial charge on any atom is 0.263 e.